The summed E-state index contributed by atoms with van der Waals surface area (Å²) in [6.07, 6.45) is 0.412. The van der Waals surface area contributed by atoms with Gasteiger partial charge in [0.15, 0.2) is 6.33 Å². The first kappa shape index (κ1) is 13.9. The number of carbonyl (C=O) groups is 2. The molecule has 0 bridgehead atoms. The average molecular weight is 303 g/mol. The number of hydrogen-bond acceptors (Lipinski definition) is 6. The fraction of sp³-hybridized carbons (Fsp3) is 0.231. The second kappa shape index (κ2) is 5.72. The van der Waals surface area contributed by atoms with E-state index < -0.39 is 18.2 Å². The minimum absolute atomic E-state index is 0.178. The van der Waals surface area contributed by atoms with Crippen molar-refractivity contribution in [1.82, 2.24) is 15.5 Å². The van der Waals surface area contributed by atoms with Gasteiger partial charge in [0.1, 0.15) is 6.10 Å². The summed E-state index contributed by atoms with van der Waals surface area (Å²) < 4.78 is 10.1. The van der Waals surface area contributed by atoms with Crippen LogP contribution in [-0.4, -0.2) is 41.5 Å². The first-order chi connectivity index (χ1) is 10.6. The predicted molar refractivity (Wildman–Crippen MR) is 74.9 cm³/mol. The molecule has 1 aromatic carbocycles. The molecule has 1 aliphatic rings. The van der Waals surface area contributed by atoms with Gasteiger partial charge in [-0.05, 0) is 24.3 Å². The molecule has 114 valence electrons. The second-order valence-corrected chi connectivity index (χ2v) is 4.65. The summed E-state index contributed by atoms with van der Waals surface area (Å²) in [5.74, 6) is 0.402. The summed E-state index contributed by atoms with van der Waals surface area (Å²) in [5, 5.41) is 5.95. The maximum absolute atomic E-state index is 11.9. The van der Waals surface area contributed by atoms with Crippen LogP contribution >= 0.6 is 0 Å². The van der Waals surface area contributed by atoms with Crippen LogP contribution in [-0.2, 0) is 4.74 Å². The van der Waals surface area contributed by atoms with Gasteiger partial charge in [-0.2, -0.15) is 4.98 Å². The van der Waals surface area contributed by atoms with Crippen LogP contribution in [0.25, 0.3) is 11.5 Å². The first-order valence-electron chi connectivity index (χ1n) is 6.52. The van der Waals surface area contributed by atoms with Crippen LogP contribution in [0.1, 0.15) is 0 Å². The van der Waals surface area contributed by atoms with Crippen LogP contribution in [0.15, 0.2) is 35.1 Å². The van der Waals surface area contributed by atoms with Crippen molar-refractivity contribution in [3.63, 3.8) is 0 Å². The number of rotatable bonds is 4. The van der Waals surface area contributed by atoms with E-state index in [0.29, 0.717) is 18.1 Å². The molecule has 0 saturated carbocycles. The number of benzene rings is 1. The van der Waals surface area contributed by atoms with Gasteiger partial charge >= 0.3 is 12.1 Å². The molecule has 1 fully saturated rings. The van der Waals surface area contributed by atoms with Crippen molar-refractivity contribution in [3.05, 3.63) is 30.6 Å². The molecule has 3 N–H and O–H groups in total. The average Bonchev–Trinajstić information content (AvgIpc) is 3.15. The summed E-state index contributed by atoms with van der Waals surface area (Å²) in [4.78, 5) is 28.0. The van der Waals surface area contributed by atoms with E-state index in [0.717, 1.165) is 5.56 Å². The molecule has 1 aromatic heterocycles. The summed E-state index contributed by atoms with van der Waals surface area (Å²) in [6, 6.07) is 6.39. The van der Waals surface area contributed by atoms with Gasteiger partial charge in [-0.15, -0.1) is 0 Å². The zero-order chi connectivity index (χ0) is 15.5. The van der Waals surface area contributed by atoms with Gasteiger partial charge in [-0.3, -0.25) is 4.90 Å². The number of cyclic esters (lactones) is 1. The van der Waals surface area contributed by atoms with E-state index in [9.17, 15) is 9.59 Å². The Balaban J connectivity index is 1.69. The van der Waals surface area contributed by atoms with Crippen molar-refractivity contribution in [1.29, 1.82) is 0 Å². The third-order valence-electron chi connectivity index (χ3n) is 3.17. The van der Waals surface area contributed by atoms with Crippen LogP contribution < -0.4 is 16.0 Å². The van der Waals surface area contributed by atoms with Gasteiger partial charge in [-0.25, -0.2) is 9.59 Å². The van der Waals surface area contributed by atoms with E-state index >= 15 is 0 Å². The standard InChI is InChI=1S/C13H13N5O4/c14-12(19)15-5-10-6-18(13(20)21-10)9-3-1-8(2-4-9)11-16-7-17-22-11/h1-4,7,10H,5-6H2,(H3,14,15,19). The molecule has 1 atom stereocenters. The van der Waals surface area contributed by atoms with Crippen molar-refractivity contribution in [3.8, 4) is 11.5 Å². The highest BCUT2D eigenvalue weighted by Gasteiger charge is 2.32. The van der Waals surface area contributed by atoms with Crippen molar-refractivity contribution in [2.24, 2.45) is 5.73 Å². The van der Waals surface area contributed by atoms with Crippen molar-refractivity contribution >= 4 is 17.8 Å². The number of anilines is 1. The molecule has 22 heavy (non-hydrogen) atoms. The van der Waals surface area contributed by atoms with Gasteiger partial charge in [0.05, 0.1) is 13.1 Å². The molecule has 0 spiro atoms. The van der Waals surface area contributed by atoms with Gasteiger partial charge in [0.2, 0.25) is 0 Å². The lowest BCUT2D eigenvalue weighted by Crippen LogP contribution is -2.37. The number of primary amides is 1. The maximum atomic E-state index is 11.9. The number of nitrogens with two attached hydrogens (primary N) is 1. The summed E-state index contributed by atoms with van der Waals surface area (Å²) in [5.41, 5.74) is 6.42. The molecule has 1 unspecified atom stereocenters. The minimum Gasteiger partial charge on any atom is -0.442 e. The van der Waals surface area contributed by atoms with Gasteiger partial charge < -0.3 is 20.3 Å². The SMILES string of the molecule is NC(=O)NCC1CN(c2ccc(-c3ncno3)cc2)C(=O)O1. The van der Waals surface area contributed by atoms with E-state index in [1.165, 1.54) is 11.2 Å². The number of amides is 3. The molecule has 2 aromatic rings. The molecule has 0 aliphatic carbocycles. The zero-order valence-corrected chi connectivity index (χ0v) is 11.4. The third-order valence-corrected chi connectivity index (χ3v) is 3.17. The number of urea groups is 1. The molecule has 2 heterocycles. The number of nitrogens with zero attached hydrogens (tertiary/aromatic N) is 3. The molecule has 3 amide bonds. The Bertz CT molecular complexity index is 670. The Morgan fingerprint density at radius 3 is 2.82 bits per heavy atom. The summed E-state index contributed by atoms with van der Waals surface area (Å²) in [7, 11) is 0. The largest absolute Gasteiger partial charge is 0.442 e. The molecule has 1 aliphatic heterocycles. The van der Waals surface area contributed by atoms with Gasteiger partial charge in [-0.1, -0.05) is 5.16 Å². The number of aromatic nitrogens is 2. The molecular weight excluding hydrogens is 290 g/mol. The second-order valence-electron chi connectivity index (χ2n) is 4.65. The zero-order valence-electron chi connectivity index (χ0n) is 11.4. The molecule has 1 saturated heterocycles. The lowest BCUT2D eigenvalue weighted by molar-refractivity contribution is 0.141. The smallest absolute Gasteiger partial charge is 0.414 e. The van der Waals surface area contributed by atoms with E-state index in [1.54, 1.807) is 24.3 Å². The molecule has 0 radical (unpaired) electrons. The van der Waals surface area contributed by atoms with Crippen LogP contribution in [0.5, 0.6) is 0 Å². The summed E-state index contributed by atoms with van der Waals surface area (Å²) in [6.45, 7) is 0.511. The number of hydrogen-bond donors (Lipinski definition) is 2. The van der Waals surface area contributed by atoms with Crippen LogP contribution in [0.4, 0.5) is 15.3 Å². The molecule has 3 rings (SSSR count). The predicted octanol–water partition coefficient (Wildman–Crippen LogP) is 0.730. The Labute approximate surface area is 125 Å². The topological polar surface area (TPSA) is 124 Å². The maximum Gasteiger partial charge on any atom is 0.414 e. The van der Waals surface area contributed by atoms with Crippen molar-refractivity contribution < 1.29 is 18.8 Å². The normalized spacial score (nSPS) is 17.4. The highest BCUT2D eigenvalue weighted by Crippen LogP contribution is 2.24. The Morgan fingerprint density at radius 1 is 1.41 bits per heavy atom. The molecular formula is C13H13N5O4. The van der Waals surface area contributed by atoms with Crippen LogP contribution in [0, 0.1) is 0 Å². The number of carbonyl (C=O) groups excluding carboxylic acids is 2. The van der Waals surface area contributed by atoms with Gasteiger partial charge in [0, 0.05) is 11.3 Å². The fourth-order valence-corrected chi connectivity index (χ4v) is 2.14. The Morgan fingerprint density at radius 2 is 2.18 bits per heavy atom. The fourth-order valence-electron chi connectivity index (χ4n) is 2.14. The number of ether oxygens (including phenoxy) is 1. The van der Waals surface area contributed by atoms with E-state index in [-0.39, 0.29) is 6.54 Å². The van der Waals surface area contributed by atoms with Gasteiger partial charge in [0.25, 0.3) is 5.89 Å². The van der Waals surface area contributed by atoms with Crippen LogP contribution in [0.3, 0.4) is 0 Å². The van der Waals surface area contributed by atoms with Crippen LogP contribution in [0.2, 0.25) is 0 Å². The van der Waals surface area contributed by atoms with E-state index in [2.05, 4.69) is 15.5 Å². The van der Waals surface area contributed by atoms with E-state index in [1.807, 2.05) is 0 Å². The molecule has 9 nitrogen and oxygen atoms in total. The Hall–Kier alpha value is -3.10. The minimum atomic E-state index is -0.654. The molecule has 9 heteroatoms. The highest BCUT2D eigenvalue weighted by atomic mass is 16.6. The lowest BCUT2D eigenvalue weighted by atomic mass is 10.2. The quantitative estimate of drug-likeness (QED) is 0.858. The van der Waals surface area contributed by atoms with Crippen molar-refractivity contribution in [2.45, 2.75) is 6.10 Å². The first-order valence-corrected chi connectivity index (χ1v) is 6.52. The monoisotopic (exact) mass is 303 g/mol. The van der Waals surface area contributed by atoms with E-state index in [4.69, 9.17) is 15.0 Å². The highest BCUT2D eigenvalue weighted by molar-refractivity contribution is 5.90. The third kappa shape index (κ3) is 2.82. The summed E-state index contributed by atoms with van der Waals surface area (Å²) >= 11 is 0. The lowest BCUT2D eigenvalue weighted by Gasteiger charge is -2.13. The number of nitrogens with one attached hydrogen (secondary N) is 1. The van der Waals surface area contributed by atoms with Crippen molar-refractivity contribution in [2.75, 3.05) is 18.0 Å². The Kier molecular flexibility index (Phi) is 3.60.